The summed E-state index contributed by atoms with van der Waals surface area (Å²) in [6, 6.07) is 0.690. The summed E-state index contributed by atoms with van der Waals surface area (Å²) in [6.45, 7) is 9.44. The van der Waals surface area contributed by atoms with E-state index in [0.29, 0.717) is 6.04 Å². The van der Waals surface area contributed by atoms with Crippen LogP contribution in [0.2, 0.25) is 0 Å². The van der Waals surface area contributed by atoms with Crippen molar-refractivity contribution in [3.63, 3.8) is 0 Å². The van der Waals surface area contributed by atoms with Crippen LogP contribution in [0.5, 0.6) is 0 Å². The quantitative estimate of drug-likeness (QED) is 0.559. The summed E-state index contributed by atoms with van der Waals surface area (Å²) in [6.07, 6.45) is 6.23. The van der Waals surface area contributed by atoms with Gasteiger partial charge in [0.1, 0.15) is 0 Å². The highest BCUT2D eigenvalue weighted by molar-refractivity contribution is 4.57. The van der Waals surface area contributed by atoms with Gasteiger partial charge in [-0.05, 0) is 26.3 Å². The van der Waals surface area contributed by atoms with Crippen molar-refractivity contribution in [2.45, 2.75) is 52.0 Å². The lowest BCUT2D eigenvalue weighted by molar-refractivity contribution is 0.511. The van der Waals surface area contributed by atoms with Gasteiger partial charge in [0, 0.05) is 6.04 Å². The number of hydrogen-bond donors (Lipinski definition) is 1. The number of rotatable bonds is 7. The van der Waals surface area contributed by atoms with E-state index >= 15 is 0 Å². The first-order chi connectivity index (χ1) is 5.31. The van der Waals surface area contributed by atoms with Gasteiger partial charge in [-0.15, -0.1) is 0 Å². The van der Waals surface area contributed by atoms with Crippen molar-refractivity contribution >= 4 is 0 Å². The predicted octanol–water partition coefficient (Wildman–Crippen LogP) is 2.77. The third kappa shape index (κ3) is 7.86. The number of hydrogen-bond acceptors (Lipinski definition) is 1. The van der Waals surface area contributed by atoms with Crippen LogP contribution in [0, 0.1) is 6.92 Å². The maximum Gasteiger partial charge on any atom is 0.00360 e. The normalized spacial score (nSPS) is 13.4. The van der Waals surface area contributed by atoms with Crippen molar-refractivity contribution in [2.24, 2.45) is 0 Å². The molecule has 1 radical (unpaired) electrons. The van der Waals surface area contributed by atoms with E-state index < -0.39 is 0 Å². The van der Waals surface area contributed by atoms with Crippen molar-refractivity contribution < 1.29 is 0 Å². The second kappa shape index (κ2) is 8.06. The van der Waals surface area contributed by atoms with Gasteiger partial charge in [-0.25, -0.2) is 0 Å². The molecule has 0 saturated heterocycles. The van der Waals surface area contributed by atoms with Crippen molar-refractivity contribution in [2.75, 3.05) is 6.54 Å². The Labute approximate surface area is 71.6 Å². The van der Waals surface area contributed by atoms with Crippen LogP contribution in [-0.2, 0) is 0 Å². The molecule has 11 heavy (non-hydrogen) atoms. The van der Waals surface area contributed by atoms with E-state index in [1.54, 1.807) is 0 Å². The third-order valence-electron chi connectivity index (χ3n) is 2.03. The first-order valence-corrected chi connectivity index (χ1v) is 4.83. The summed E-state index contributed by atoms with van der Waals surface area (Å²) >= 11 is 0. The Hall–Kier alpha value is -0.0400. The van der Waals surface area contributed by atoms with Crippen molar-refractivity contribution in [3.8, 4) is 0 Å². The van der Waals surface area contributed by atoms with Gasteiger partial charge in [0.05, 0.1) is 0 Å². The van der Waals surface area contributed by atoms with Gasteiger partial charge >= 0.3 is 0 Å². The fourth-order valence-corrected chi connectivity index (χ4v) is 0.971. The standard InChI is InChI=1S/C10H22N/c1-4-6-7-8-9-11-10(3)5-2/h10-11H,1,4-9H2,2-3H3. The molecule has 0 aliphatic heterocycles. The van der Waals surface area contributed by atoms with Crippen molar-refractivity contribution in [3.05, 3.63) is 6.92 Å². The zero-order valence-electron chi connectivity index (χ0n) is 8.03. The van der Waals surface area contributed by atoms with Gasteiger partial charge in [-0.1, -0.05) is 33.1 Å². The third-order valence-corrected chi connectivity index (χ3v) is 2.03. The molecule has 0 aromatic carbocycles. The number of unbranched alkanes of at least 4 members (excludes halogenated alkanes) is 3. The van der Waals surface area contributed by atoms with E-state index in [9.17, 15) is 0 Å². The summed E-state index contributed by atoms with van der Waals surface area (Å²) in [4.78, 5) is 0. The molecule has 0 aromatic rings. The Balaban J connectivity index is 2.89. The lowest BCUT2D eigenvalue weighted by Gasteiger charge is -2.10. The second-order valence-corrected chi connectivity index (χ2v) is 3.18. The van der Waals surface area contributed by atoms with E-state index in [1.807, 2.05) is 0 Å². The Morgan fingerprint density at radius 1 is 1.27 bits per heavy atom. The molecule has 1 atom stereocenters. The molecule has 0 heterocycles. The number of nitrogens with one attached hydrogen (secondary N) is 1. The Kier molecular flexibility index (Phi) is 8.03. The van der Waals surface area contributed by atoms with Crippen LogP contribution in [0.4, 0.5) is 0 Å². The van der Waals surface area contributed by atoms with Crippen molar-refractivity contribution in [1.82, 2.24) is 5.32 Å². The van der Waals surface area contributed by atoms with E-state index in [-0.39, 0.29) is 0 Å². The highest BCUT2D eigenvalue weighted by Gasteiger charge is 1.94. The van der Waals surface area contributed by atoms with Crippen LogP contribution in [0.3, 0.4) is 0 Å². The fraction of sp³-hybridized carbons (Fsp3) is 0.900. The fourth-order valence-electron chi connectivity index (χ4n) is 0.971. The topological polar surface area (TPSA) is 12.0 Å². The van der Waals surface area contributed by atoms with Gasteiger partial charge in [0.25, 0.3) is 0 Å². The molecule has 1 N–H and O–H groups in total. The molecular weight excluding hydrogens is 134 g/mol. The van der Waals surface area contributed by atoms with Gasteiger partial charge in [0.15, 0.2) is 0 Å². The van der Waals surface area contributed by atoms with Crippen LogP contribution in [0.25, 0.3) is 0 Å². The molecule has 1 heteroatoms. The molecule has 0 bridgehead atoms. The second-order valence-electron chi connectivity index (χ2n) is 3.18. The minimum atomic E-state index is 0.690. The highest BCUT2D eigenvalue weighted by atomic mass is 14.9. The average Bonchev–Trinajstić information content (AvgIpc) is 2.04. The molecule has 0 amide bonds. The highest BCUT2D eigenvalue weighted by Crippen LogP contribution is 1.97. The monoisotopic (exact) mass is 156 g/mol. The van der Waals surface area contributed by atoms with E-state index in [0.717, 1.165) is 6.42 Å². The molecule has 0 aliphatic carbocycles. The van der Waals surface area contributed by atoms with Gasteiger partial charge < -0.3 is 5.32 Å². The van der Waals surface area contributed by atoms with E-state index in [2.05, 4.69) is 26.1 Å². The lowest BCUT2D eigenvalue weighted by Crippen LogP contribution is -2.25. The molecule has 0 rings (SSSR count). The molecule has 0 spiro atoms. The molecule has 1 nitrogen and oxygen atoms in total. The van der Waals surface area contributed by atoms with Gasteiger partial charge in [0.2, 0.25) is 0 Å². The maximum atomic E-state index is 3.81. The summed E-state index contributed by atoms with van der Waals surface area (Å²) in [5.41, 5.74) is 0. The molecular formula is C10H22N. The van der Waals surface area contributed by atoms with Gasteiger partial charge in [-0.2, -0.15) is 0 Å². The largest absolute Gasteiger partial charge is 0.314 e. The minimum Gasteiger partial charge on any atom is -0.314 e. The van der Waals surface area contributed by atoms with Crippen LogP contribution in [0.15, 0.2) is 0 Å². The Morgan fingerprint density at radius 2 is 2.00 bits per heavy atom. The predicted molar refractivity (Wildman–Crippen MR) is 51.6 cm³/mol. The molecule has 0 fully saturated rings. The lowest BCUT2D eigenvalue weighted by atomic mass is 10.2. The summed E-state index contributed by atoms with van der Waals surface area (Å²) < 4.78 is 0. The smallest absolute Gasteiger partial charge is 0.00360 e. The SMILES string of the molecule is [CH2]CCCCCNC(C)CC. The van der Waals surface area contributed by atoms with Crippen molar-refractivity contribution in [1.29, 1.82) is 0 Å². The first kappa shape index (κ1) is 11.0. The molecule has 0 saturated carbocycles. The zero-order chi connectivity index (χ0) is 8.53. The molecule has 0 aliphatic rings. The summed E-state index contributed by atoms with van der Waals surface area (Å²) in [5, 5.41) is 3.47. The summed E-state index contributed by atoms with van der Waals surface area (Å²) in [7, 11) is 0. The average molecular weight is 156 g/mol. The molecule has 67 valence electrons. The first-order valence-electron chi connectivity index (χ1n) is 4.83. The maximum absolute atomic E-state index is 3.81. The van der Waals surface area contributed by atoms with Crippen LogP contribution in [0.1, 0.15) is 46.0 Å². The summed E-state index contributed by atoms with van der Waals surface area (Å²) in [5.74, 6) is 0. The zero-order valence-corrected chi connectivity index (χ0v) is 8.03. The Morgan fingerprint density at radius 3 is 2.55 bits per heavy atom. The molecule has 0 aromatic heterocycles. The van der Waals surface area contributed by atoms with E-state index in [4.69, 9.17) is 0 Å². The van der Waals surface area contributed by atoms with E-state index in [1.165, 1.54) is 32.2 Å². The minimum absolute atomic E-state index is 0.690. The van der Waals surface area contributed by atoms with Crippen LogP contribution >= 0.6 is 0 Å². The van der Waals surface area contributed by atoms with Gasteiger partial charge in [-0.3, -0.25) is 0 Å². The Bertz CT molecular complexity index is 71.3. The van der Waals surface area contributed by atoms with Crippen LogP contribution < -0.4 is 5.32 Å². The van der Waals surface area contributed by atoms with Crippen LogP contribution in [-0.4, -0.2) is 12.6 Å². The molecule has 1 unspecified atom stereocenters.